The van der Waals surface area contributed by atoms with Crippen molar-refractivity contribution in [2.45, 2.75) is 24.9 Å². The summed E-state index contributed by atoms with van der Waals surface area (Å²) in [7, 11) is 0. The number of β-amino-alcohol motifs (C(OH)–C–C–N with tert-alkyl or cyclic N) is 1. The molecule has 3 heterocycles. The van der Waals surface area contributed by atoms with Crippen molar-refractivity contribution >= 4 is 39.9 Å². The zero-order valence-corrected chi connectivity index (χ0v) is 13.1. The zero-order valence-electron chi connectivity index (χ0n) is 11.6. The average molecular weight is 367 g/mol. The summed E-state index contributed by atoms with van der Waals surface area (Å²) in [6.07, 6.45) is -1.36. The van der Waals surface area contributed by atoms with E-state index in [9.17, 15) is 18.3 Å². The third-order valence-corrected chi connectivity index (χ3v) is 4.23. The maximum absolute atomic E-state index is 14.1. The fourth-order valence-corrected chi connectivity index (χ4v) is 2.96. The van der Waals surface area contributed by atoms with E-state index in [1.807, 2.05) is 0 Å². The van der Waals surface area contributed by atoms with Gasteiger partial charge in [0.1, 0.15) is 16.9 Å². The van der Waals surface area contributed by atoms with Crippen LogP contribution in [0.1, 0.15) is 12.8 Å². The number of halogens is 5. The van der Waals surface area contributed by atoms with Gasteiger partial charge in [0, 0.05) is 12.7 Å². The van der Waals surface area contributed by atoms with Gasteiger partial charge in [-0.3, -0.25) is 0 Å². The van der Waals surface area contributed by atoms with Gasteiger partial charge in [-0.2, -0.15) is 4.98 Å². The van der Waals surface area contributed by atoms with E-state index >= 15 is 0 Å². The lowest BCUT2D eigenvalue weighted by molar-refractivity contribution is -0.101. The Bertz CT molecular complexity index is 764. The number of piperidine rings is 1. The molecule has 2 aromatic heterocycles. The molecule has 1 unspecified atom stereocenters. The van der Waals surface area contributed by atoms with Crippen molar-refractivity contribution in [1.82, 2.24) is 15.0 Å². The summed E-state index contributed by atoms with van der Waals surface area (Å²) in [4.78, 5) is 12.9. The molecular weight excluding hydrogens is 356 g/mol. The Morgan fingerprint density at radius 2 is 2.04 bits per heavy atom. The minimum atomic E-state index is -2.90. The van der Waals surface area contributed by atoms with Crippen molar-refractivity contribution in [3.8, 4) is 0 Å². The number of pyridine rings is 1. The number of aromatic nitrogens is 3. The standard InChI is InChI=1S/C13H11Cl2F3N4O/c14-9-7(16)8-6(4-19-9)10(21-12(15)20-8)22-3-1-2-13(23,5-22)11(17)18/h4,11,23H,1-3,5H2. The number of rotatable bonds is 2. The molecule has 124 valence electrons. The summed E-state index contributed by atoms with van der Waals surface area (Å²) in [6, 6.07) is 0. The number of hydrogen-bond donors (Lipinski definition) is 1. The predicted octanol–water partition coefficient (Wildman–Crippen LogP) is 3.07. The van der Waals surface area contributed by atoms with Crippen LogP contribution in [0.3, 0.4) is 0 Å². The molecule has 3 rings (SSSR count). The summed E-state index contributed by atoms with van der Waals surface area (Å²) in [5, 5.41) is 9.61. The van der Waals surface area contributed by atoms with Crippen LogP contribution in [0.2, 0.25) is 10.4 Å². The molecule has 1 N–H and O–H groups in total. The largest absolute Gasteiger partial charge is 0.382 e. The molecule has 1 fully saturated rings. The van der Waals surface area contributed by atoms with E-state index in [0.29, 0.717) is 13.0 Å². The van der Waals surface area contributed by atoms with E-state index in [2.05, 4.69) is 15.0 Å². The summed E-state index contributed by atoms with van der Waals surface area (Å²) in [6.45, 7) is 0.0130. The van der Waals surface area contributed by atoms with Crippen LogP contribution in [-0.4, -0.2) is 45.2 Å². The van der Waals surface area contributed by atoms with Crippen molar-refractivity contribution in [3.63, 3.8) is 0 Å². The van der Waals surface area contributed by atoms with Crippen molar-refractivity contribution in [2.24, 2.45) is 0 Å². The fraction of sp³-hybridized carbons (Fsp3) is 0.462. The third-order valence-electron chi connectivity index (χ3n) is 3.80. The number of anilines is 1. The Morgan fingerprint density at radius 1 is 1.30 bits per heavy atom. The maximum Gasteiger partial charge on any atom is 0.268 e. The smallest absolute Gasteiger partial charge is 0.268 e. The van der Waals surface area contributed by atoms with Crippen molar-refractivity contribution in [2.75, 3.05) is 18.0 Å². The van der Waals surface area contributed by atoms with Gasteiger partial charge < -0.3 is 10.0 Å². The Hall–Kier alpha value is -1.38. The highest BCUT2D eigenvalue weighted by atomic mass is 35.5. The third kappa shape index (κ3) is 2.90. The van der Waals surface area contributed by atoms with Gasteiger partial charge in [-0.15, -0.1) is 0 Å². The second-order valence-corrected chi connectivity index (χ2v) is 6.07. The molecule has 10 heteroatoms. The lowest BCUT2D eigenvalue weighted by Gasteiger charge is -2.39. The zero-order chi connectivity index (χ0) is 16.8. The number of aliphatic hydroxyl groups is 1. The van der Waals surface area contributed by atoms with E-state index in [4.69, 9.17) is 23.2 Å². The van der Waals surface area contributed by atoms with E-state index in [-0.39, 0.29) is 40.1 Å². The molecule has 1 aliphatic heterocycles. The van der Waals surface area contributed by atoms with Crippen molar-refractivity contribution in [1.29, 1.82) is 0 Å². The van der Waals surface area contributed by atoms with Crippen LogP contribution in [0.25, 0.3) is 10.9 Å². The SMILES string of the molecule is OC1(C(F)F)CCCN(c2nc(Cl)nc3c(F)c(Cl)ncc23)C1. The molecule has 0 radical (unpaired) electrons. The van der Waals surface area contributed by atoms with Crippen LogP contribution in [0.5, 0.6) is 0 Å². The summed E-state index contributed by atoms with van der Waals surface area (Å²) < 4.78 is 40.2. The fourth-order valence-electron chi connectivity index (χ4n) is 2.66. The number of fused-ring (bicyclic) bond motifs is 1. The van der Waals surface area contributed by atoms with E-state index in [1.54, 1.807) is 0 Å². The van der Waals surface area contributed by atoms with Gasteiger partial charge in [0.2, 0.25) is 5.28 Å². The maximum atomic E-state index is 14.1. The van der Waals surface area contributed by atoms with Crippen LogP contribution in [0.15, 0.2) is 6.20 Å². The van der Waals surface area contributed by atoms with Crippen LogP contribution in [-0.2, 0) is 0 Å². The minimum absolute atomic E-state index is 0.0314. The quantitative estimate of drug-likeness (QED) is 0.653. The molecule has 0 amide bonds. The van der Waals surface area contributed by atoms with E-state index < -0.39 is 17.8 Å². The highest BCUT2D eigenvalue weighted by Gasteiger charge is 2.42. The Balaban J connectivity index is 2.11. The van der Waals surface area contributed by atoms with Crippen molar-refractivity contribution in [3.05, 3.63) is 22.5 Å². The van der Waals surface area contributed by atoms with E-state index in [0.717, 1.165) is 0 Å². The second-order valence-electron chi connectivity index (χ2n) is 5.37. The van der Waals surface area contributed by atoms with Crippen LogP contribution in [0, 0.1) is 5.82 Å². The first-order valence-corrected chi connectivity index (χ1v) is 7.50. The van der Waals surface area contributed by atoms with Crippen LogP contribution >= 0.6 is 23.2 Å². The van der Waals surface area contributed by atoms with Crippen LogP contribution in [0.4, 0.5) is 19.0 Å². The number of nitrogens with zero attached hydrogens (tertiary/aromatic N) is 4. The average Bonchev–Trinajstić information content (AvgIpc) is 2.50. The molecule has 23 heavy (non-hydrogen) atoms. The molecule has 1 saturated heterocycles. The minimum Gasteiger partial charge on any atom is -0.382 e. The Kier molecular flexibility index (Phi) is 4.24. The van der Waals surface area contributed by atoms with Gasteiger partial charge in [-0.05, 0) is 24.4 Å². The second kappa shape index (κ2) is 5.92. The van der Waals surface area contributed by atoms with Gasteiger partial charge in [0.15, 0.2) is 11.0 Å². The van der Waals surface area contributed by atoms with Gasteiger partial charge in [0.05, 0.1) is 11.9 Å². The predicted molar refractivity (Wildman–Crippen MR) is 79.7 cm³/mol. The summed E-state index contributed by atoms with van der Waals surface area (Å²) >= 11 is 11.4. The highest BCUT2D eigenvalue weighted by Crippen LogP contribution is 2.34. The normalized spacial score (nSPS) is 22.1. The Labute approximate surface area is 139 Å². The highest BCUT2D eigenvalue weighted by molar-refractivity contribution is 6.30. The first-order valence-electron chi connectivity index (χ1n) is 6.74. The molecule has 0 spiro atoms. The van der Waals surface area contributed by atoms with Gasteiger partial charge in [0.25, 0.3) is 6.43 Å². The van der Waals surface area contributed by atoms with E-state index in [1.165, 1.54) is 11.1 Å². The molecule has 1 aliphatic rings. The first-order chi connectivity index (χ1) is 10.8. The number of hydrogen-bond acceptors (Lipinski definition) is 5. The van der Waals surface area contributed by atoms with Crippen LogP contribution < -0.4 is 4.90 Å². The molecule has 0 bridgehead atoms. The molecule has 2 aromatic rings. The summed E-state index contributed by atoms with van der Waals surface area (Å²) in [5.74, 6) is -0.724. The lowest BCUT2D eigenvalue weighted by Crippen LogP contribution is -2.53. The molecular formula is C13H11Cl2F3N4O. The topological polar surface area (TPSA) is 62.1 Å². The lowest BCUT2D eigenvalue weighted by atomic mass is 9.93. The molecule has 5 nitrogen and oxygen atoms in total. The molecule has 0 aliphatic carbocycles. The van der Waals surface area contributed by atoms with Gasteiger partial charge in [-0.25, -0.2) is 23.1 Å². The van der Waals surface area contributed by atoms with Gasteiger partial charge in [-0.1, -0.05) is 11.6 Å². The number of alkyl halides is 2. The molecule has 0 aromatic carbocycles. The Morgan fingerprint density at radius 3 is 2.74 bits per heavy atom. The molecule has 0 saturated carbocycles. The first kappa shape index (κ1) is 16.5. The molecule has 1 atom stereocenters. The monoisotopic (exact) mass is 366 g/mol. The summed E-state index contributed by atoms with van der Waals surface area (Å²) in [5.41, 5.74) is -2.30. The van der Waals surface area contributed by atoms with Crippen molar-refractivity contribution < 1.29 is 18.3 Å². The van der Waals surface area contributed by atoms with Gasteiger partial charge >= 0.3 is 0 Å².